The Labute approximate surface area is 153 Å². The van der Waals surface area contributed by atoms with Crippen LogP contribution < -0.4 is 10.1 Å². The first-order valence-corrected chi connectivity index (χ1v) is 9.70. The number of thioether (sulfide) groups is 2. The SMILES string of the molecule is Cc1ccc(Oc2ccc3c(c2)SC(C2=N[C@@H](C(=O)O)CS2)N3)cc1. The van der Waals surface area contributed by atoms with Gasteiger partial charge < -0.3 is 15.2 Å². The molecule has 128 valence electrons. The lowest BCUT2D eigenvalue weighted by molar-refractivity contribution is -0.137. The molecule has 2 aliphatic rings. The van der Waals surface area contributed by atoms with Crippen molar-refractivity contribution in [2.75, 3.05) is 11.1 Å². The maximum atomic E-state index is 11.1. The zero-order valence-electron chi connectivity index (χ0n) is 13.4. The highest BCUT2D eigenvalue weighted by molar-refractivity contribution is 8.16. The maximum Gasteiger partial charge on any atom is 0.329 e. The molecule has 2 N–H and O–H groups in total. The van der Waals surface area contributed by atoms with Crippen molar-refractivity contribution in [1.82, 2.24) is 0 Å². The van der Waals surface area contributed by atoms with Crippen LogP contribution in [0.4, 0.5) is 5.69 Å². The molecule has 5 nitrogen and oxygen atoms in total. The number of aliphatic carboxylic acids is 1. The van der Waals surface area contributed by atoms with E-state index in [1.165, 1.54) is 17.3 Å². The molecule has 0 radical (unpaired) electrons. The van der Waals surface area contributed by atoms with E-state index in [-0.39, 0.29) is 5.37 Å². The molecule has 0 saturated heterocycles. The Balaban J connectivity index is 1.48. The average molecular weight is 372 g/mol. The Morgan fingerprint density at radius 3 is 2.72 bits per heavy atom. The van der Waals surface area contributed by atoms with E-state index in [2.05, 4.69) is 10.3 Å². The number of carboxylic acid groups (broad SMARTS) is 1. The number of nitrogens with zero attached hydrogens (tertiary/aromatic N) is 1. The summed E-state index contributed by atoms with van der Waals surface area (Å²) >= 11 is 3.15. The third-order valence-electron chi connectivity index (χ3n) is 3.92. The number of hydrogen-bond donors (Lipinski definition) is 2. The molecule has 0 fully saturated rings. The van der Waals surface area contributed by atoms with Crippen LogP contribution in [0.25, 0.3) is 0 Å². The van der Waals surface area contributed by atoms with E-state index in [9.17, 15) is 4.79 Å². The van der Waals surface area contributed by atoms with Crippen LogP contribution in [0.2, 0.25) is 0 Å². The number of ether oxygens (including phenoxy) is 1. The Morgan fingerprint density at radius 2 is 2.00 bits per heavy atom. The zero-order valence-corrected chi connectivity index (χ0v) is 15.1. The van der Waals surface area contributed by atoms with Crippen molar-refractivity contribution >= 4 is 40.2 Å². The minimum absolute atomic E-state index is 0.0287. The van der Waals surface area contributed by atoms with E-state index in [0.29, 0.717) is 5.75 Å². The molecule has 0 amide bonds. The molecule has 0 spiro atoms. The fourth-order valence-corrected chi connectivity index (χ4v) is 4.94. The summed E-state index contributed by atoms with van der Waals surface area (Å²) in [4.78, 5) is 16.5. The predicted octanol–water partition coefficient (Wildman–Crippen LogP) is 4.23. The summed E-state index contributed by atoms with van der Waals surface area (Å²) in [6, 6.07) is 13.2. The highest BCUT2D eigenvalue weighted by Crippen LogP contribution is 2.43. The summed E-state index contributed by atoms with van der Waals surface area (Å²) in [5.74, 6) is 1.22. The topological polar surface area (TPSA) is 70.9 Å². The van der Waals surface area contributed by atoms with Gasteiger partial charge in [0.2, 0.25) is 0 Å². The molecule has 25 heavy (non-hydrogen) atoms. The second-order valence-electron chi connectivity index (χ2n) is 5.85. The maximum absolute atomic E-state index is 11.1. The Morgan fingerprint density at radius 1 is 1.24 bits per heavy atom. The number of aliphatic imine (C=N–C) groups is 1. The van der Waals surface area contributed by atoms with Gasteiger partial charge in [-0.05, 0) is 37.3 Å². The van der Waals surface area contributed by atoms with Gasteiger partial charge in [-0.2, -0.15) is 0 Å². The second-order valence-corrected chi connectivity index (χ2v) is 8.03. The van der Waals surface area contributed by atoms with Crippen LogP contribution in [0, 0.1) is 6.92 Å². The summed E-state index contributed by atoms with van der Waals surface area (Å²) < 4.78 is 5.91. The number of anilines is 1. The first-order chi connectivity index (χ1) is 12.1. The average Bonchev–Trinajstić information content (AvgIpc) is 3.23. The molecule has 2 aliphatic heterocycles. The van der Waals surface area contributed by atoms with Crippen LogP contribution >= 0.6 is 23.5 Å². The summed E-state index contributed by atoms with van der Waals surface area (Å²) in [7, 11) is 0. The normalized spacial score (nSPS) is 21.4. The van der Waals surface area contributed by atoms with Crippen molar-refractivity contribution in [1.29, 1.82) is 0 Å². The molecule has 2 aromatic rings. The standard InChI is InChI=1S/C18H16N2O3S2/c1-10-2-4-11(5-3-10)23-12-6-7-13-15(8-12)25-17(19-13)16-20-14(9-24-16)18(21)22/h2-8,14,17,19H,9H2,1H3,(H,21,22)/t14-,17?/m1/s1. The van der Waals surface area contributed by atoms with Gasteiger partial charge in [-0.15, -0.1) is 11.8 Å². The minimum atomic E-state index is -0.864. The van der Waals surface area contributed by atoms with Gasteiger partial charge in [0.15, 0.2) is 6.04 Å². The van der Waals surface area contributed by atoms with Gasteiger partial charge in [0.1, 0.15) is 21.9 Å². The van der Waals surface area contributed by atoms with E-state index >= 15 is 0 Å². The Hall–Kier alpha value is -2.12. The number of hydrogen-bond acceptors (Lipinski definition) is 6. The van der Waals surface area contributed by atoms with Crippen molar-refractivity contribution < 1.29 is 14.6 Å². The van der Waals surface area contributed by atoms with E-state index in [1.54, 1.807) is 11.8 Å². The van der Waals surface area contributed by atoms with E-state index in [1.807, 2.05) is 49.4 Å². The fourth-order valence-electron chi connectivity index (χ4n) is 2.60. The van der Waals surface area contributed by atoms with Crippen LogP contribution in [0.1, 0.15) is 5.56 Å². The van der Waals surface area contributed by atoms with Crippen LogP contribution in [0.5, 0.6) is 11.5 Å². The lowest BCUT2D eigenvalue weighted by Crippen LogP contribution is -2.19. The zero-order chi connectivity index (χ0) is 17.4. The van der Waals surface area contributed by atoms with Crippen molar-refractivity contribution in [2.45, 2.75) is 23.2 Å². The molecule has 1 unspecified atom stereocenters. The van der Waals surface area contributed by atoms with Crippen LogP contribution in [-0.4, -0.2) is 33.3 Å². The molecular formula is C18H16N2O3S2. The lowest BCUT2D eigenvalue weighted by Gasteiger charge is -2.08. The molecule has 0 bridgehead atoms. The molecule has 4 rings (SSSR count). The molecule has 0 aliphatic carbocycles. The van der Waals surface area contributed by atoms with Gasteiger partial charge in [-0.3, -0.25) is 4.99 Å². The van der Waals surface area contributed by atoms with Gasteiger partial charge in [-0.25, -0.2) is 4.79 Å². The predicted molar refractivity (Wildman–Crippen MR) is 102 cm³/mol. The molecule has 2 aromatic carbocycles. The first-order valence-electron chi connectivity index (χ1n) is 7.83. The molecule has 0 saturated carbocycles. The number of carboxylic acids is 1. The highest BCUT2D eigenvalue weighted by atomic mass is 32.2. The molecule has 7 heteroatoms. The van der Waals surface area contributed by atoms with Gasteiger partial charge in [0.25, 0.3) is 0 Å². The monoisotopic (exact) mass is 372 g/mol. The minimum Gasteiger partial charge on any atom is -0.480 e. The van der Waals surface area contributed by atoms with Crippen LogP contribution in [-0.2, 0) is 4.79 Å². The van der Waals surface area contributed by atoms with Crippen LogP contribution in [0.15, 0.2) is 52.4 Å². The number of carbonyl (C=O) groups is 1. The first kappa shape index (κ1) is 16.4. The number of nitrogens with one attached hydrogen (secondary N) is 1. The van der Waals surface area contributed by atoms with Crippen molar-refractivity contribution in [2.24, 2.45) is 4.99 Å². The molecular weight excluding hydrogens is 356 g/mol. The summed E-state index contributed by atoms with van der Waals surface area (Å²) in [5, 5.41) is 13.3. The third kappa shape index (κ3) is 3.48. The van der Waals surface area contributed by atoms with Gasteiger partial charge >= 0.3 is 5.97 Å². The van der Waals surface area contributed by atoms with E-state index < -0.39 is 12.0 Å². The van der Waals surface area contributed by atoms with E-state index in [0.717, 1.165) is 27.1 Å². The van der Waals surface area contributed by atoms with Gasteiger partial charge in [-0.1, -0.05) is 29.5 Å². The fraction of sp³-hybridized carbons (Fsp3) is 0.222. The number of benzene rings is 2. The largest absolute Gasteiger partial charge is 0.480 e. The van der Waals surface area contributed by atoms with Gasteiger partial charge in [0, 0.05) is 16.3 Å². The molecule has 2 atom stereocenters. The van der Waals surface area contributed by atoms with E-state index in [4.69, 9.17) is 9.84 Å². The molecule has 0 aromatic heterocycles. The number of rotatable bonds is 4. The molecule has 2 heterocycles. The number of fused-ring (bicyclic) bond motifs is 1. The Bertz CT molecular complexity index is 852. The lowest BCUT2D eigenvalue weighted by atomic mass is 10.2. The van der Waals surface area contributed by atoms with Crippen molar-refractivity contribution in [3.05, 3.63) is 48.0 Å². The smallest absolute Gasteiger partial charge is 0.329 e. The van der Waals surface area contributed by atoms with Crippen molar-refractivity contribution in [3.8, 4) is 11.5 Å². The van der Waals surface area contributed by atoms with Gasteiger partial charge in [0.05, 0.1) is 0 Å². The Kier molecular flexibility index (Phi) is 4.35. The van der Waals surface area contributed by atoms with Crippen molar-refractivity contribution in [3.63, 3.8) is 0 Å². The number of aryl methyl sites for hydroxylation is 1. The quantitative estimate of drug-likeness (QED) is 0.837. The summed E-state index contributed by atoms with van der Waals surface area (Å²) in [5.41, 5.74) is 2.21. The van der Waals surface area contributed by atoms with Crippen LogP contribution in [0.3, 0.4) is 0 Å². The summed E-state index contributed by atoms with van der Waals surface area (Å²) in [6.07, 6.45) is 0. The third-order valence-corrected chi connectivity index (χ3v) is 6.36. The highest BCUT2D eigenvalue weighted by Gasteiger charge is 2.33. The second kappa shape index (κ2) is 6.65. The summed E-state index contributed by atoms with van der Waals surface area (Å²) in [6.45, 7) is 2.04.